The van der Waals surface area contributed by atoms with E-state index in [1.165, 1.54) is 42.5 Å². The van der Waals surface area contributed by atoms with Gasteiger partial charge in [-0.15, -0.1) is 0 Å². The molecule has 27 heavy (non-hydrogen) atoms. The second kappa shape index (κ2) is 9.07. The minimum atomic E-state index is -0.472. The highest BCUT2D eigenvalue weighted by atomic mass is 19.1. The molecule has 6 heteroatoms. The maximum Gasteiger partial charge on any atom is 0.251 e. The molecular weight excluding hydrogens is 350 g/mol. The Morgan fingerprint density at radius 2 is 1.78 bits per heavy atom. The standard InChI is InChI=1S/C21H22F2N2O2/c1-13(15(3)20(26)25-18-7-5-17(22)6-8-18)10-11-24-21(27)16-4-9-19(23)14(2)12-16/h4-9,12,15H,1,10-11H2,2-3H3,(H,24,27)(H,25,26)/t15-/m0/s1. The SMILES string of the molecule is C=C(CCNC(=O)c1ccc(F)c(C)c1)[C@H](C)C(=O)Nc1ccc(F)cc1. The van der Waals surface area contributed by atoms with Crippen molar-refractivity contribution in [1.29, 1.82) is 0 Å². The van der Waals surface area contributed by atoms with Crippen molar-refractivity contribution >= 4 is 17.5 Å². The van der Waals surface area contributed by atoms with Gasteiger partial charge in [-0.25, -0.2) is 8.78 Å². The molecule has 0 aliphatic rings. The van der Waals surface area contributed by atoms with Crippen LogP contribution in [0, 0.1) is 24.5 Å². The average molecular weight is 372 g/mol. The van der Waals surface area contributed by atoms with Gasteiger partial charge in [-0.1, -0.05) is 12.2 Å². The molecule has 0 saturated heterocycles. The summed E-state index contributed by atoms with van der Waals surface area (Å²) >= 11 is 0. The van der Waals surface area contributed by atoms with Crippen LogP contribution in [0.5, 0.6) is 0 Å². The molecule has 2 aromatic carbocycles. The largest absolute Gasteiger partial charge is 0.352 e. The first kappa shape index (κ1) is 20.3. The monoisotopic (exact) mass is 372 g/mol. The molecule has 0 aliphatic heterocycles. The first-order valence-corrected chi connectivity index (χ1v) is 8.56. The molecule has 0 aromatic heterocycles. The number of amides is 2. The van der Waals surface area contributed by atoms with Crippen molar-refractivity contribution in [3.05, 3.63) is 77.4 Å². The van der Waals surface area contributed by atoms with E-state index < -0.39 is 5.92 Å². The van der Waals surface area contributed by atoms with Crippen molar-refractivity contribution in [2.24, 2.45) is 5.92 Å². The third-order valence-electron chi connectivity index (χ3n) is 4.27. The molecule has 1 atom stereocenters. The van der Waals surface area contributed by atoms with Crippen LogP contribution in [-0.2, 0) is 4.79 Å². The predicted molar refractivity (Wildman–Crippen MR) is 101 cm³/mol. The number of hydrogen-bond donors (Lipinski definition) is 2. The van der Waals surface area contributed by atoms with Gasteiger partial charge in [0.25, 0.3) is 5.91 Å². The fourth-order valence-corrected chi connectivity index (χ4v) is 2.41. The first-order valence-electron chi connectivity index (χ1n) is 8.56. The van der Waals surface area contributed by atoms with E-state index in [1.54, 1.807) is 13.8 Å². The first-order chi connectivity index (χ1) is 12.8. The van der Waals surface area contributed by atoms with E-state index in [0.29, 0.717) is 35.4 Å². The van der Waals surface area contributed by atoms with Gasteiger partial charge in [0.15, 0.2) is 0 Å². The third kappa shape index (κ3) is 5.74. The van der Waals surface area contributed by atoms with Crippen LogP contribution in [0.1, 0.15) is 29.3 Å². The minimum Gasteiger partial charge on any atom is -0.352 e. The topological polar surface area (TPSA) is 58.2 Å². The van der Waals surface area contributed by atoms with Gasteiger partial charge >= 0.3 is 0 Å². The van der Waals surface area contributed by atoms with Crippen molar-refractivity contribution in [1.82, 2.24) is 5.32 Å². The smallest absolute Gasteiger partial charge is 0.251 e. The maximum absolute atomic E-state index is 13.3. The normalized spacial score (nSPS) is 11.6. The van der Waals surface area contributed by atoms with E-state index in [2.05, 4.69) is 17.2 Å². The van der Waals surface area contributed by atoms with Crippen LogP contribution in [0.15, 0.2) is 54.6 Å². The highest BCUT2D eigenvalue weighted by Crippen LogP contribution is 2.16. The Kier molecular flexibility index (Phi) is 6.82. The molecule has 4 nitrogen and oxygen atoms in total. The minimum absolute atomic E-state index is 0.257. The highest BCUT2D eigenvalue weighted by molar-refractivity contribution is 5.95. The maximum atomic E-state index is 13.3. The molecule has 2 N–H and O–H groups in total. The number of anilines is 1. The Bertz CT molecular complexity index is 848. The van der Waals surface area contributed by atoms with Crippen LogP contribution in [0.2, 0.25) is 0 Å². The number of carbonyl (C=O) groups is 2. The van der Waals surface area contributed by atoms with Crippen molar-refractivity contribution in [2.45, 2.75) is 20.3 Å². The lowest BCUT2D eigenvalue weighted by Gasteiger charge is -2.15. The van der Waals surface area contributed by atoms with E-state index in [9.17, 15) is 18.4 Å². The van der Waals surface area contributed by atoms with Crippen LogP contribution >= 0.6 is 0 Å². The molecule has 2 rings (SSSR count). The molecular formula is C21H22F2N2O2. The van der Waals surface area contributed by atoms with E-state index in [1.807, 2.05) is 0 Å². The zero-order valence-corrected chi connectivity index (χ0v) is 15.3. The van der Waals surface area contributed by atoms with Gasteiger partial charge in [0, 0.05) is 17.8 Å². The number of hydrogen-bond acceptors (Lipinski definition) is 2. The van der Waals surface area contributed by atoms with Crippen molar-refractivity contribution in [3.63, 3.8) is 0 Å². The van der Waals surface area contributed by atoms with Gasteiger partial charge in [0.05, 0.1) is 5.92 Å². The summed E-state index contributed by atoms with van der Waals surface area (Å²) < 4.78 is 26.2. The molecule has 0 radical (unpaired) electrons. The van der Waals surface area contributed by atoms with Crippen LogP contribution < -0.4 is 10.6 Å². The molecule has 0 heterocycles. The Morgan fingerprint density at radius 3 is 2.41 bits per heavy atom. The van der Waals surface area contributed by atoms with Crippen molar-refractivity contribution in [2.75, 3.05) is 11.9 Å². The zero-order chi connectivity index (χ0) is 20.0. The molecule has 0 unspecified atom stereocenters. The Hall–Kier alpha value is -3.02. The van der Waals surface area contributed by atoms with Crippen molar-refractivity contribution < 1.29 is 18.4 Å². The van der Waals surface area contributed by atoms with Crippen LogP contribution in [0.3, 0.4) is 0 Å². The summed E-state index contributed by atoms with van der Waals surface area (Å²) in [6.07, 6.45) is 0.421. The van der Waals surface area contributed by atoms with Crippen molar-refractivity contribution in [3.8, 4) is 0 Å². The summed E-state index contributed by atoms with van der Waals surface area (Å²) in [6, 6.07) is 9.65. The van der Waals surface area contributed by atoms with Gasteiger partial charge in [-0.05, 0) is 68.3 Å². The summed E-state index contributed by atoms with van der Waals surface area (Å²) in [4.78, 5) is 24.3. The highest BCUT2D eigenvalue weighted by Gasteiger charge is 2.17. The molecule has 0 fully saturated rings. The molecule has 0 spiro atoms. The average Bonchev–Trinajstić information content (AvgIpc) is 2.64. The number of halogens is 2. The number of aryl methyl sites for hydroxylation is 1. The molecule has 2 amide bonds. The van der Waals surface area contributed by atoms with Crippen LogP contribution in [0.4, 0.5) is 14.5 Å². The third-order valence-corrected chi connectivity index (χ3v) is 4.27. The fourth-order valence-electron chi connectivity index (χ4n) is 2.41. The molecule has 0 aliphatic carbocycles. The second-order valence-corrected chi connectivity index (χ2v) is 6.35. The number of benzene rings is 2. The molecule has 0 saturated carbocycles. The van der Waals surface area contributed by atoms with Crippen LogP contribution in [0.25, 0.3) is 0 Å². The lowest BCUT2D eigenvalue weighted by molar-refractivity contribution is -0.118. The van der Waals surface area contributed by atoms with Crippen LogP contribution in [-0.4, -0.2) is 18.4 Å². The summed E-state index contributed by atoms with van der Waals surface area (Å²) in [5, 5.41) is 5.43. The van der Waals surface area contributed by atoms with E-state index >= 15 is 0 Å². The second-order valence-electron chi connectivity index (χ2n) is 6.35. The predicted octanol–water partition coefficient (Wildman–Crippen LogP) is 4.22. The lowest BCUT2D eigenvalue weighted by atomic mass is 9.98. The molecule has 142 valence electrons. The quantitative estimate of drug-likeness (QED) is 0.715. The van der Waals surface area contributed by atoms with E-state index in [-0.39, 0.29) is 23.4 Å². The Labute approximate surface area is 157 Å². The Balaban J connectivity index is 1.81. The van der Waals surface area contributed by atoms with Gasteiger partial charge in [0.2, 0.25) is 5.91 Å². The molecule has 0 bridgehead atoms. The van der Waals surface area contributed by atoms with Gasteiger partial charge in [0.1, 0.15) is 11.6 Å². The lowest BCUT2D eigenvalue weighted by Crippen LogP contribution is -2.27. The number of nitrogens with one attached hydrogen (secondary N) is 2. The zero-order valence-electron chi connectivity index (χ0n) is 15.3. The summed E-state index contributed by atoms with van der Waals surface area (Å²) in [5.74, 6) is -1.78. The summed E-state index contributed by atoms with van der Waals surface area (Å²) in [7, 11) is 0. The van der Waals surface area contributed by atoms with Gasteiger partial charge in [-0.2, -0.15) is 0 Å². The molecule has 2 aromatic rings. The number of rotatable bonds is 7. The summed E-state index contributed by atoms with van der Waals surface area (Å²) in [5.41, 5.74) is 1.94. The Morgan fingerprint density at radius 1 is 1.11 bits per heavy atom. The van der Waals surface area contributed by atoms with Gasteiger partial charge < -0.3 is 10.6 Å². The summed E-state index contributed by atoms with van der Waals surface area (Å²) in [6.45, 7) is 7.52. The van der Waals surface area contributed by atoms with E-state index in [0.717, 1.165) is 0 Å². The fraction of sp³-hybridized carbons (Fsp3) is 0.238. The number of carbonyl (C=O) groups excluding carboxylic acids is 2. The van der Waals surface area contributed by atoms with E-state index in [4.69, 9.17) is 0 Å². The van der Waals surface area contributed by atoms with Gasteiger partial charge in [-0.3, -0.25) is 9.59 Å².